The Labute approximate surface area is 86.5 Å². The van der Waals surface area contributed by atoms with Gasteiger partial charge < -0.3 is 5.32 Å². The predicted molar refractivity (Wildman–Crippen MR) is 51.3 cm³/mol. The van der Waals surface area contributed by atoms with Crippen LogP contribution in [-0.2, 0) is 6.18 Å². The van der Waals surface area contributed by atoms with E-state index in [1.165, 1.54) is 12.3 Å². The van der Waals surface area contributed by atoms with Crippen LogP contribution >= 0.6 is 0 Å². The Morgan fingerprint density at radius 2 is 2.07 bits per heavy atom. The van der Waals surface area contributed by atoms with Crippen molar-refractivity contribution in [3.63, 3.8) is 0 Å². The fraction of sp³-hybridized carbons (Fsp3) is 0.500. The summed E-state index contributed by atoms with van der Waals surface area (Å²) in [6.07, 6.45) is -3.10. The summed E-state index contributed by atoms with van der Waals surface area (Å²) >= 11 is 0. The van der Waals surface area contributed by atoms with Crippen LogP contribution in [0.15, 0.2) is 18.3 Å². The van der Waals surface area contributed by atoms with Crippen molar-refractivity contribution in [1.29, 1.82) is 0 Å². The van der Waals surface area contributed by atoms with E-state index in [-0.39, 0.29) is 6.04 Å². The molecule has 0 spiro atoms. The highest BCUT2D eigenvalue weighted by molar-refractivity contribution is 5.18. The first-order valence-corrected chi connectivity index (χ1v) is 4.71. The molecule has 1 atom stereocenters. The van der Waals surface area contributed by atoms with Gasteiger partial charge in [-0.2, -0.15) is 13.2 Å². The minimum atomic E-state index is -4.36. The standard InChI is InChI=1S/C10H13F3N2/c1-3-14-7(2)8-4-5-9(15-6-8)10(11,12)13/h4-7,14H,3H2,1-2H3/t7-/m1/s1. The van der Waals surface area contributed by atoms with Crippen molar-refractivity contribution in [2.45, 2.75) is 26.1 Å². The van der Waals surface area contributed by atoms with Gasteiger partial charge in [-0.05, 0) is 25.1 Å². The summed E-state index contributed by atoms with van der Waals surface area (Å²) in [5, 5.41) is 3.10. The van der Waals surface area contributed by atoms with Gasteiger partial charge in [-0.3, -0.25) is 4.98 Å². The highest BCUT2D eigenvalue weighted by atomic mass is 19.4. The molecule has 1 heterocycles. The highest BCUT2D eigenvalue weighted by Gasteiger charge is 2.32. The van der Waals surface area contributed by atoms with Crippen LogP contribution in [0.3, 0.4) is 0 Å². The summed E-state index contributed by atoms with van der Waals surface area (Å²) in [6.45, 7) is 4.59. The van der Waals surface area contributed by atoms with Crippen LogP contribution in [0, 0.1) is 0 Å². The van der Waals surface area contributed by atoms with Gasteiger partial charge in [-0.15, -0.1) is 0 Å². The zero-order valence-electron chi connectivity index (χ0n) is 8.60. The van der Waals surface area contributed by atoms with E-state index in [2.05, 4.69) is 10.3 Å². The molecule has 5 heteroatoms. The van der Waals surface area contributed by atoms with E-state index >= 15 is 0 Å². The maximum Gasteiger partial charge on any atom is 0.433 e. The van der Waals surface area contributed by atoms with Gasteiger partial charge in [0, 0.05) is 12.2 Å². The van der Waals surface area contributed by atoms with Crippen LogP contribution in [0.25, 0.3) is 0 Å². The summed E-state index contributed by atoms with van der Waals surface area (Å²) in [7, 11) is 0. The zero-order chi connectivity index (χ0) is 11.5. The Hall–Kier alpha value is -1.10. The topological polar surface area (TPSA) is 24.9 Å². The molecule has 0 saturated carbocycles. The van der Waals surface area contributed by atoms with E-state index in [0.29, 0.717) is 0 Å². The van der Waals surface area contributed by atoms with Crippen LogP contribution < -0.4 is 5.32 Å². The SMILES string of the molecule is CCN[C@H](C)c1ccc(C(F)(F)F)nc1. The van der Waals surface area contributed by atoms with Crippen molar-refractivity contribution in [1.82, 2.24) is 10.3 Å². The Balaban J connectivity index is 2.81. The van der Waals surface area contributed by atoms with Crippen LogP contribution in [0.4, 0.5) is 13.2 Å². The Kier molecular flexibility index (Phi) is 3.68. The molecule has 1 N–H and O–H groups in total. The minimum absolute atomic E-state index is 0.0183. The second-order valence-corrected chi connectivity index (χ2v) is 3.25. The molecule has 0 amide bonds. The second-order valence-electron chi connectivity index (χ2n) is 3.25. The predicted octanol–water partition coefficient (Wildman–Crippen LogP) is 2.77. The lowest BCUT2D eigenvalue weighted by molar-refractivity contribution is -0.141. The number of nitrogens with zero attached hydrogens (tertiary/aromatic N) is 1. The average Bonchev–Trinajstić information content (AvgIpc) is 2.17. The molecule has 84 valence electrons. The number of aromatic nitrogens is 1. The molecular weight excluding hydrogens is 205 g/mol. The third-order valence-electron chi connectivity index (χ3n) is 2.09. The summed E-state index contributed by atoms with van der Waals surface area (Å²) in [5.41, 5.74) is -0.0974. The van der Waals surface area contributed by atoms with Crippen LogP contribution in [0.2, 0.25) is 0 Å². The third-order valence-corrected chi connectivity index (χ3v) is 2.09. The number of halogens is 3. The van der Waals surface area contributed by atoms with E-state index in [4.69, 9.17) is 0 Å². The molecule has 2 nitrogen and oxygen atoms in total. The molecule has 0 fully saturated rings. The summed E-state index contributed by atoms with van der Waals surface area (Å²) in [5.74, 6) is 0. The van der Waals surface area contributed by atoms with Crippen molar-refractivity contribution in [3.8, 4) is 0 Å². The number of pyridine rings is 1. The Bertz CT molecular complexity index is 305. The average molecular weight is 218 g/mol. The number of alkyl halides is 3. The first kappa shape index (κ1) is 12.0. The van der Waals surface area contributed by atoms with Crippen molar-refractivity contribution >= 4 is 0 Å². The monoisotopic (exact) mass is 218 g/mol. The molecule has 15 heavy (non-hydrogen) atoms. The molecule has 0 aliphatic carbocycles. The fourth-order valence-electron chi connectivity index (χ4n) is 1.25. The van der Waals surface area contributed by atoms with E-state index in [9.17, 15) is 13.2 Å². The smallest absolute Gasteiger partial charge is 0.310 e. The van der Waals surface area contributed by atoms with Gasteiger partial charge >= 0.3 is 6.18 Å². The van der Waals surface area contributed by atoms with Gasteiger partial charge in [0.2, 0.25) is 0 Å². The van der Waals surface area contributed by atoms with Gasteiger partial charge in [0.15, 0.2) is 0 Å². The molecule has 0 aliphatic heterocycles. The number of hydrogen-bond donors (Lipinski definition) is 1. The molecule has 1 rings (SSSR count). The quantitative estimate of drug-likeness (QED) is 0.843. The van der Waals surface area contributed by atoms with Gasteiger partial charge in [0.1, 0.15) is 5.69 Å². The van der Waals surface area contributed by atoms with Crippen molar-refractivity contribution < 1.29 is 13.2 Å². The van der Waals surface area contributed by atoms with E-state index in [0.717, 1.165) is 18.2 Å². The van der Waals surface area contributed by atoms with Crippen molar-refractivity contribution in [2.75, 3.05) is 6.54 Å². The summed E-state index contributed by atoms with van der Waals surface area (Å²) < 4.78 is 36.6. The van der Waals surface area contributed by atoms with Crippen molar-refractivity contribution in [2.24, 2.45) is 0 Å². The molecule has 0 bridgehead atoms. The third kappa shape index (κ3) is 3.20. The largest absolute Gasteiger partial charge is 0.433 e. The molecular formula is C10H13F3N2. The summed E-state index contributed by atoms with van der Waals surface area (Å²) in [4.78, 5) is 3.39. The maximum atomic E-state index is 12.2. The van der Waals surface area contributed by atoms with Gasteiger partial charge in [-0.1, -0.05) is 13.0 Å². The molecule has 1 aromatic rings. The zero-order valence-corrected chi connectivity index (χ0v) is 8.60. The van der Waals surface area contributed by atoms with Crippen LogP contribution in [0.5, 0.6) is 0 Å². The van der Waals surface area contributed by atoms with Crippen molar-refractivity contribution in [3.05, 3.63) is 29.6 Å². The first-order chi connectivity index (χ1) is 6.95. The highest BCUT2D eigenvalue weighted by Crippen LogP contribution is 2.27. The number of rotatable bonds is 3. The molecule has 1 aromatic heterocycles. The minimum Gasteiger partial charge on any atom is -0.310 e. The summed E-state index contributed by atoms with van der Waals surface area (Å²) in [6, 6.07) is 2.47. The Morgan fingerprint density at radius 1 is 1.40 bits per heavy atom. The van der Waals surface area contributed by atoms with Gasteiger partial charge in [-0.25, -0.2) is 0 Å². The van der Waals surface area contributed by atoms with Crippen LogP contribution in [0.1, 0.15) is 31.1 Å². The molecule has 0 radical (unpaired) electrons. The molecule has 0 unspecified atom stereocenters. The van der Waals surface area contributed by atoms with Gasteiger partial charge in [0.05, 0.1) is 0 Å². The number of nitrogens with one attached hydrogen (secondary N) is 1. The Morgan fingerprint density at radius 3 is 2.47 bits per heavy atom. The fourth-order valence-corrected chi connectivity index (χ4v) is 1.25. The van der Waals surface area contributed by atoms with Crippen LogP contribution in [-0.4, -0.2) is 11.5 Å². The van der Waals surface area contributed by atoms with E-state index < -0.39 is 11.9 Å². The molecule has 0 saturated heterocycles. The normalized spacial score (nSPS) is 13.9. The first-order valence-electron chi connectivity index (χ1n) is 4.71. The van der Waals surface area contributed by atoms with E-state index in [1.807, 2.05) is 13.8 Å². The maximum absolute atomic E-state index is 12.2. The lowest BCUT2D eigenvalue weighted by Crippen LogP contribution is -2.18. The second kappa shape index (κ2) is 4.61. The van der Waals surface area contributed by atoms with Gasteiger partial charge in [0.25, 0.3) is 0 Å². The molecule has 0 aliphatic rings. The number of hydrogen-bond acceptors (Lipinski definition) is 2. The lowest BCUT2D eigenvalue weighted by atomic mass is 10.1. The molecule has 0 aromatic carbocycles. The lowest BCUT2D eigenvalue weighted by Gasteiger charge is -2.13. The van der Waals surface area contributed by atoms with E-state index in [1.54, 1.807) is 0 Å².